The summed E-state index contributed by atoms with van der Waals surface area (Å²) >= 11 is 12.1. The van der Waals surface area contributed by atoms with Crippen molar-refractivity contribution in [1.82, 2.24) is 10.2 Å². The maximum atomic E-state index is 13.7. The van der Waals surface area contributed by atoms with Crippen molar-refractivity contribution in [3.05, 3.63) is 58.1 Å². The number of carbonyl (C=O) groups is 2. The quantitative estimate of drug-likeness (QED) is 0.414. The minimum atomic E-state index is -3.87. The zero-order chi connectivity index (χ0) is 27.0. The van der Waals surface area contributed by atoms with Gasteiger partial charge in [0.15, 0.2) is 0 Å². The molecule has 0 radical (unpaired) electrons. The molecule has 0 aliphatic heterocycles. The van der Waals surface area contributed by atoms with Gasteiger partial charge in [-0.1, -0.05) is 49.2 Å². The van der Waals surface area contributed by atoms with Crippen molar-refractivity contribution in [1.29, 1.82) is 0 Å². The first-order valence-electron chi connectivity index (χ1n) is 11.6. The van der Waals surface area contributed by atoms with Crippen molar-refractivity contribution >= 4 is 50.7 Å². The molecule has 0 bridgehead atoms. The van der Waals surface area contributed by atoms with Gasteiger partial charge in [0.25, 0.3) is 0 Å². The van der Waals surface area contributed by atoms with Gasteiger partial charge in [-0.05, 0) is 55.7 Å². The first-order valence-corrected chi connectivity index (χ1v) is 14.2. The number of benzene rings is 2. The van der Waals surface area contributed by atoms with E-state index >= 15 is 0 Å². The molecular weight excluding hydrogens is 525 g/mol. The van der Waals surface area contributed by atoms with E-state index in [1.807, 2.05) is 20.8 Å². The number of ether oxygens (including phenoxy) is 1. The number of anilines is 1. The molecule has 0 aliphatic rings. The number of methoxy groups -OCH3 is 1. The molecule has 0 unspecified atom stereocenters. The molecule has 0 fully saturated rings. The van der Waals surface area contributed by atoms with Crippen LogP contribution in [-0.4, -0.2) is 57.1 Å². The van der Waals surface area contributed by atoms with E-state index in [0.717, 1.165) is 22.5 Å². The van der Waals surface area contributed by atoms with E-state index in [2.05, 4.69) is 5.32 Å². The molecule has 2 aromatic rings. The topological polar surface area (TPSA) is 96.0 Å². The molecule has 0 aromatic heterocycles. The van der Waals surface area contributed by atoms with Crippen LogP contribution in [0.2, 0.25) is 10.0 Å². The SMILES string of the molecule is CC[C@H](C)NC(=O)[C@H](CC)N(Cc1ccc(OC)cc1)C(=O)CN(c1ccc(Cl)c(Cl)c1)S(C)(=O)=O. The van der Waals surface area contributed by atoms with Gasteiger partial charge in [-0.25, -0.2) is 8.42 Å². The number of amides is 2. The number of sulfonamides is 1. The van der Waals surface area contributed by atoms with Crippen molar-refractivity contribution < 1.29 is 22.7 Å². The van der Waals surface area contributed by atoms with E-state index in [9.17, 15) is 18.0 Å². The summed E-state index contributed by atoms with van der Waals surface area (Å²) in [6.45, 7) is 5.24. The summed E-state index contributed by atoms with van der Waals surface area (Å²) in [5, 5.41) is 3.35. The smallest absolute Gasteiger partial charge is 0.244 e. The third-order valence-electron chi connectivity index (χ3n) is 5.77. The third-order valence-corrected chi connectivity index (χ3v) is 7.65. The fourth-order valence-electron chi connectivity index (χ4n) is 3.54. The predicted octanol–water partition coefficient (Wildman–Crippen LogP) is 4.49. The summed E-state index contributed by atoms with van der Waals surface area (Å²) in [7, 11) is -2.31. The number of hydrogen-bond acceptors (Lipinski definition) is 5. The van der Waals surface area contributed by atoms with Gasteiger partial charge in [0.2, 0.25) is 21.8 Å². The fourth-order valence-corrected chi connectivity index (χ4v) is 4.68. The van der Waals surface area contributed by atoms with Crippen molar-refractivity contribution in [2.24, 2.45) is 0 Å². The Balaban J connectivity index is 2.45. The summed E-state index contributed by atoms with van der Waals surface area (Å²) in [4.78, 5) is 28.2. The molecule has 0 heterocycles. The molecule has 11 heteroatoms. The largest absolute Gasteiger partial charge is 0.497 e. The summed E-state index contributed by atoms with van der Waals surface area (Å²) in [5.74, 6) is -0.177. The molecule has 2 atom stereocenters. The van der Waals surface area contributed by atoms with E-state index < -0.39 is 28.5 Å². The molecule has 8 nitrogen and oxygen atoms in total. The summed E-state index contributed by atoms with van der Waals surface area (Å²) < 4.78 is 31.5. The Labute approximate surface area is 223 Å². The van der Waals surface area contributed by atoms with Crippen LogP contribution in [0.5, 0.6) is 5.75 Å². The van der Waals surface area contributed by atoms with Crippen LogP contribution < -0.4 is 14.4 Å². The fraction of sp³-hybridized carbons (Fsp3) is 0.440. The van der Waals surface area contributed by atoms with Gasteiger partial charge in [-0.15, -0.1) is 0 Å². The van der Waals surface area contributed by atoms with Gasteiger partial charge in [0, 0.05) is 12.6 Å². The molecule has 2 aromatic carbocycles. The summed E-state index contributed by atoms with van der Waals surface area (Å²) in [6.07, 6.45) is 2.08. The van der Waals surface area contributed by atoms with E-state index in [0.29, 0.717) is 12.2 Å². The van der Waals surface area contributed by atoms with Gasteiger partial charge in [-0.3, -0.25) is 13.9 Å². The highest BCUT2D eigenvalue weighted by Gasteiger charge is 2.32. The lowest BCUT2D eigenvalue weighted by Crippen LogP contribution is -2.53. The van der Waals surface area contributed by atoms with Crippen LogP contribution in [0.1, 0.15) is 39.2 Å². The third kappa shape index (κ3) is 8.01. The van der Waals surface area contributed by atoms with Crippen LogP contribution >= 0.6 is 23.2 Å². The van der Waals surface area contributed by atoms with Crippen LogP contribution in [0.3, 0.4) is 0 Å². The zero-order valence-electron chi connectivity index (χ0n) is 21.1. The Bertz CT molecular complexity index is 1160. The van der Waals surface area contributed by atoms with Crippen molar-refractivity contribution in [3.63, 3.8) is 0 Å². The molecule has 2 amide bonds. The van der Waals surface area contributed by atoms with E-state index in [-0.39, 0.29) is 34.2 Å². The maximum absolute atomic E-state index is 13.7. The number of hydrogen-bond donors (Lipinski definition) is 1. The van der Waals surface area contributed by atoms with E-state index in [1.165, 1.54) is 23.1 Å². The monoisotopic (exact) mass is 557 g/mol. The van der Waals surface area contributed by atoms with Gasteiger partial charge in [-0.2, -0.15) is 0 Å². The number of carbonyl (C=O) groups excluding carboxylic acids is 2. The van der Waals surface area contributed by atoms with Crippen LogP contribution in [0.4, 0.5) is 5.69 Å². The predicted molar refractivity (Wildman–Crippen MR) is 144 cm³/mol. The van der Waals surface area contributed by atoms with Gasteiger partial charge >= 0.3 is 0 Å². The lowest BCUT2D eigenvalue weighted by Gasteiger charge is -2.33. The van der Waals surface area contributed by atoms with Crippen LogP contribution in [0.15, 0.2) is 42.5 Å². The second-order valence-corrected chi connectivity index (χ2v) is 11.2. The number of nitrogens with one attached hydrogen (secondary N) is 1. The van der Waals surface area contributed by atoms with Crippen LogP contribution in [-0.2, 0) is 26.2 Å². The van der Waals surface area contributed by atoms with Gasteiger partial charge < -0.3 is 15.0 Å². The molecule has 0 aliphatic carbocycles. The van der Waals surface area contributed by atoms with Crippen molar-refractivity contribution in [3.8, 4) is 5.75 Å². The van der Waals surface area contributed by atoms with E-state index in [4.69, 9.17) is 27.9 Å². The summed E-state index contributed by atoms with van der Waals surface area (Å²) in [6, 6.07) is 10.6. The lowest BCUT2D eigenvalue weighted by atomic mass is 10.1. The minimum Gasteiger partial charge on any atom is -0.497 e. The van der Waals surface area contributed by atoms with Gasteiger partial charge in [0.1, 0.15) is 18.3 Å². The summed E-state index contributed by atoms with van der Waals surface area (Å²) in [5.41, 5.74) is 0.959. The highest BCUT2D eigenvalue weighted by Crippen LogP contribution is 2.29. The Morgan fingerprint density at radius 3 is 2.17 bits per heavy atom. The van der Waals surface area contributed by atoms with Gasteiger partial charge in [0.05, 0.1) is 29.1 Å². The minimum absolute atomic E-state index is 0.0757. The molecule has 0 saturated heterocycles. The molecule has 2 rings (SSSR count). The zero-order valence-corrected chi connectivity index (χ0v) is 23.5. The average molecular weight is 559 g/mol. The number of rotatable bonds is 12. The maximum Gasteiger partial charge on any atom is 0.244 e. The number of nitrogens with zero attached hydrogens (tertiary/aromatic N) is 2. The van der Waals surface area contributed by atoms with Crippen LogP contribution in [0, 0.1) is 0 Å². The second kappa shape index (κ2) is 13.2. The lowest BCUT2D eigenvalue weighted by molar-refractivity contribution is -0.140. The Hall–Kier alpha value is -2.49. The normalized spacial score (nSPS) is 13.0. The first-order chi connectivity index (χ1) is 16.9. The second-order valence-electron chi connectivity index (χ2n) is 8.48. The molecule has 0 saturated carbocycles. The number of halogens is 2. The first kappa shape index (κ1) is 29.7. The van der Waals surface area contributed by atoms with Crippen molar-refractivity contribution in [2.45, 2.75) is 52.2 Å². The standard InChI is InChI=1S/C25H33Cl2N3O5S/c1-6-17(3)28-25(32)23(7-2)29(15-18-8-11-20(35-4)12-9-18)24(31)16-30(36(5,33)34)19-10-13-21(26)22(27)14-19/h8-14,17,23H,6-7,15-16H2,1-5H3,(H,28,32)/t17-,23-/m0/s1. The molecule has 1 N–H and O–H groups in total. The van der Waals surface area contributed by atoms with Crippen LogP contribution in [0.25, 0.3) is 0 Å². The Kier molecular flexibility index (Phi) is 10.9. The Morgan fingerprint density at radius 1 is 1.03 bits per heavy atom. The highest BCUT2D eigenvalue weighted by molar-refractivity contribution is 7.92. The highest BCUT2D eigenvalue weighted by atomic mass is 35.5. The molecule has 36 heavy (non-hydrogen) atoms. The molecular formula is C25H33Cl2N3O5S. The molecule has 198 valence electrons. The molecule has 0 spiro atoms. The van der Waals surface area contributed by atoms with E-state index in [1.54, 1.807) is 31.4 Å². The average Bonchev–Trinajstić information content (AvgIpc) is 2.83. The van der Waals surface area contributed by atoms with Crippen molar-refractivity contribution in [2.75, 3.05) is 24.2 Å². The Morgan fingerprint density at radius 2 is 1.67 bits per heavy atom.